The number of nitrogens with one attached hydrogen (secondary N) is 1. The largest absolute Gasteiger partial charge is 0.465 e. The van der Waals surface area contributed by atoms with Gasteiger partial charge in [-0.05, 0) is 42.4 Å². The first kappa shape index (κ1) is 19.8. The van der Waals surface area contributed by atoms with Gasteiger partial charge in [-0.1, -0.05) is 27.7 Å². The van der Waals surface area contributed by atoms with Crippen molar-refractivity contribution in [1.82, 2.24) is 14.8 Å². The summed E-state index contributed by atoms with van der Waals surface area (Å²) in [4.78, 5) is 32.0. The summed E-state index contributed by atoms with van der Waals surface area (Å²) < 4.78 is 0. The topological polar surface area (TPSA) is 76.6 Å². The Morgan fingerprint density at radius 1 is 1.14 bits per heavy atom. The fourth-order valence-electron chi connectivity index (χ4n) is 4.93. The molecule has 1 aromatic heterocycles. The van der Waals surface area contributed by atoms with Gasteiger partial charge in [0.05, 0.1) is 6.04 Å². The van der Waals surface area contributed by atoms with Gasteiger partial charge in [0, 0.05) is 53.8 Å². The number of carboxylic acid groups (broad SMARTS) is 1. The van der Waals surface area contributed by atoms with Crippen molar-refractivity contribution in [2.75, 3.05) is 19.6 Å². The Kier molecular flexibility index (Phi) is 4.83. The zero-order chi connectivity index (χ0) is 20.9. The number of H-pyrrole nitrogens is 1. The Hall–Kier alpha value is -2.50. The minimum atomic E-state index is -0.889. The van der Waals surface area contributed by atoms with Gasteiger partial charge in [0.15, 0.2) is 0 Å². The summed E-state index contributed by atoms with van der Waals surface area (Å²) in [5.41, 5.74) is 3.53. The van der Waals surface area contributed by atoms with Crippen molar-refractivity contribution in [3.8, 4) is 0 Å². The number of carbonyl (C=O) groups excluding carboxylic acids is 1. The van der Waals surface area contributed by atoms with Crippen molar-refractivity contribution in [2.45, 2.75) is 53.0 Å². The SMILES string of the molecule is CC1CCN(C(=O)c2ccc3[nH]c4c(c3c2)C(C(C)(C)C)N(C(=O)O)CC4)CC1. The molecular weight excluding hydrogens is 366 g/mol. The van der Waals surface area contributed by atoms with Crippen molar-refractivity contribution in [3.05, 3.63) is 35.0 Å². The van der Waals surface area contributed by atoms with Crippen molar-refractivity contribution in [1.29, 1.82) is 0 Å². The van der Waals surface area contributed by atoms with E-state index in [2.05, 4.69) is 32.7 Å². The van der Waals surface area contributed by atoms with Gasteiger partial charge in [0.1, 0.15) is 0 Å². The lowest BCUT2D eigenvalue weighted by Gasteiger charge is -2.42. The van der Waals surface area contributed by atoms with E-state index < -0.39 is 6.09 Å². The molecule has 3 heterocycles. The highest BCUT2D eigenvalue weighted by atomic mass is 16.4. The number of likely N-dealkylation sites (tertiary alicyclic amines) is 1. The standard InChI is InChI=1S/C23H31N3O3/c1-14-7-10-25(11-8-14)21(27)15-5-6-17-16(13-15)19-18(24-17)9-12-26(22(28)29)20(19)23(2,3)4/h5-6,13-14,20,24H,7-12H2,1-4H3,(H,28,29). The molecule has 0 saturated carbocycles. The molecule has 2 amide bonds. The molecule has 1 atom stereocenters. The molecule has 6 nitrogen and oxygen atoms in total. The van der Waals surface area contributed by atoms with E-state index >= 15 is 0 Å². The second kappa shape index (κ2) is 7.08. The summed E-state index contributed by atoms with van der Waals surface area (Å²) in [5, 5.41) is 10.8. The van der Waals surface area contributed by atoms with E-state index in [-0.39, 0.29) is 17.4 Å². The number of aromatic amines is 1. The first-order valence-corrected chi connectivity index (χ1v) is 10.6. The van der Waals surface area contributed by atoms with E-state index in [1.165, 1.54) is 0 Å². The molecule has 2 aliphatic heterocycles. The Bertz CT molecular complexity index is 948. The third-order valence-electron chi connectivity index (χ3n) is 6.49. The highest BCUT2D eigenvalue weighted by Gasteiger charge is 2.40. The van der Waals surface area contributed by atoms with Gasteiger partial charge in [0.2, 0.25) is 0 Å². The zero-order valence-corrected chi connectivity index (χ0v) is 17.8. The van der Waals surface area contributed by atoms with Crippen LogP contribution in [0.15, 0.2) is 18.2 Å². The second-order valence-corrected chi connectivity index (χ2v) is 9.75. The number of carbonyl (C=O) groups is 2. The van der Waals surface area contributed by atoms with Crippen LogP contribution in [0.25, 0.3) is 10.9 Å². The minimum Gasteiger partial charge on any atom is -0.465 e. The Morgan fingerprint density at radius 3 is 2.45 bits per heavy atom. The van der Waals surface area contributed by atoms with Gasteiger partial charge in [-0.15, -0.1) is 0 Å². The maximum atomic E-state index is 13.1. The van der Waals surface area contributed by atoms with E-state index in [0.29, 0.717) is 24.4 Å². The van der Waals surface area contributed by atoms with Crippen molar-refractivity contribution >= 4 is 22.9 Å². The van der Waals surface area contributed by atoms with E-state index in [9.17, 15) is 14.7 Å². The second-order valence-electron chi connectivity index (χ2n) is 9.75. The molecule has 1 aromatic carbocycles. The lowest BCUT2D eigenvalue weighted by atomic mass is 9.78. The smallest absolute Gasteiger partial charge is 0.407 e. The molecule has 1 saturated heterocycles. The average Bonchev–Trinajstić information content (AvgIpc) is 3.04. The van der Waals surface area contributed by atoms with E-state index in [4.69, 9.17) is 0 Å². The monoisotopic (exact) mass is 397 g/mol. The number of aromatic nitrogens is 1. The lowest BCUT2D eigenvalue weighted by molar-refractivity contribution is 0.0696. The first-order chi connectivity index (χ1) is 13.7. The normalized spacial score (nSPS) is 20.8. The quantitative estimate of drug-likeness (QED) is 0.734. The number of rotatable bonds is 1. The average molecular weight is 398 g/mol. The van der Waals surface area contributed by atoms with E-state index in [1.807, 2.05) is 23.1 Å². The number of piperidine rings is 1. The summed E-state index contributed by atoms with van der Waals surface area (Å²) in [6, 6.07) is 5.58. The van der Waals surface area contributed by atoms with Crippen LogP contribution < -0.4 is 0 Å². The van der Waals surface area contributed by atoms with Gasteiger partial charge in [0.25, 0.3) is 5.91 Å². The molecule has 29 heavy (non-hydrogen) atoms. The van der Waals surface area contributed by atoms with Gasteiger partial charge < -0.3 is 19.9 Å². The van der Waals surface area contributed by atoms with Gasteiger partial charge in [-0.25, -0.2) is 4.79 Å². The van der Waals surface area contributed by atoms with Gasteiger partial charge >= 0.3 is 6.09 Å². The van der Waals surface area contributed by atoms with Crippen LogP contribution in [-0.4, -0.2) is 51.5 Å². The van der Waals surface area contributed by atoms with Crippen LogP contribution in [0, 0.1) is 11.3 Å². The Morgan fingerprint density at radius 2 is 1.83 bits per heavy atom. The number of hydrogen-bond donors (Lipinski definition) is 2. The van der Waals surface area contributed by atoms with E-state index in [1.54, 1.807) is 4.90 Å². The van der Waals surface area contributed by atoms with Gasteiger partial charge in [-0.2, -0.15) is 0 Å². The van der Waals surface area contributed by atoms with Crippen LogP contribution in [0.4, 0.5) is 4.79 Å². The molecule has 2 aliphatic rings. The van der Waals surface area contributed by atoms with Crippen LogP contribution in [-0.2, 0) is 6.42 Å². The third-order valence-corrected chi connectivity index (χ3v) is 6.49. The molecule has 2 N–H and O–H groups in total. The maximum absolute atomic E-state index is 13.1. The molecule has 2 aromatic rings. The zero-order valence-electron chi connectivity index (χ0n) is 17.8. The van der Waals surface area contributed by atoms with Crippen LogP contribution in [0.2, 0.25) is 0 Å². The predicted molar refractivity (Wildman–Crippen MR) is 113 cm³/mol. The summed E-state index contributed by atoms with van der Waals surface area (Å²) in [6.07, 6.45) is 1.87. The van der Waals surface area contributed by atoms with E-state index in [0.717, 1.165) is 48.1 Å². The van der Waals surface area contributed by atoms with Crippen LogP contribution in [0.1, 0.15) is 68.2 Å². The van der Waals surface area contributed by atoms with Gasteiger partial charge in [-0.3, -0.25) is 4.79 Å². The summed E-state index contributed by atoms with van der Waals surface area (Å²) in [7, 11) is 0. The van der Waals surface area contributed by atoms with Crippen molar-refractivity contribution in [3.63, 3.8) is 0 Å². The third kappa shape index (κ3) is 3.49. The molecular formula is C23H31N3O3. The molecule has 156 valence electrons. The summed E-state index contributed by atoms with van der Waals surface area (Å²) >= 11 is 0. The number of amides is 2. The minimum absolute atomic E-state index is 0.0759. The molecule has 0 spiro atoms. The van der Waals surface area contributed by atoms with Crippen LogP contribution in [0.3, 0.4) is 0 Å². The van der Waals surface area contributed by atoms with Crippen LogP contribution >= 0.6 is 0 Å². The fourth-order valence-corrected chi connectivity index (χ4v) is 4.93. The molecule has 1 unspecified atom stereocenters. The van der Waals surface area contributed by atoms with Crippen LogP contribution in [0.5, 0.6) is 0 Å². The predicted octanol–water partition coefficient (Wildman–Crippen LogP) is 4.66. The Labute approximate surface area is 171 Å². The summed E-state index contributed by atoms with van der Waals surface area (Å²) in [6.45, 7) is 10.6. The Balaban J connectivity index is 1.77. The van der Waals surface area contributed by atoms with Crippen molar-refractivity contribution < 1.29 is 14.7 Å². The highest BCUT2D eigenvalue weighted by molar-refractivity contribution is 5.99. The molecule has 0 aliphatic carbocycles. The number of hydrogen-bond acceptors (Lipinski definition) is 2. The molecule has 0 radical (unpaired) electrons. The highest BCUT2D eigenvalue weighted by Crippen LogP contribution is 2.45. The maximum Gasteiger partial charge on any atom is 0.407 e. The number of nitrogens with zero attached hydrogens (tertiary/aromatic N) is 2. The number of benzene rings is 1. The number of fused-ring (bicyclic) bond motifs is 3. The first-order valence-electron chi connectivity index (χ1n) is 10.6. The summed E-state index contributed by atoms with van der Waals surface area (Å²) in [5.74, 6) is 0.750. The lowest BCUT2D eigenvalue weighted by Crippen LogP contribution is -2.44. The molecule has 0 bridgehead atoms. The molecule has 1 fully saturated rings. The fraction of sp³-hybridized carbons (Fsp3) is 0.565. The van der Waals surface area contributed by atoms with Crippen molar-refractivity contribution in [2.24, 2.45) is 11.3 Å². The molecule has 4 rings (SSSR count). The molecule has 6 heteroatoms.